The molecule has 3 atom stereocenters. The largest absolute Gasteiger partial charge is 0.472 e. The van der Waals surface area contributed by atoms with Crippen molar-refractivity contribution in [2.24, 2.45) is 0 Å². The van der Waals surface area contributed by atoms with E-state index in [0.717, 1.165) is 109 Å². The van der Waals surface area contributed by atoms with E-state index in [1.165, 1.54) is 25.7 Å². The lowest BCUT2D eigenvalue weighted by atomic mass is 10.1. The van der Waals surface area contributed by atoms with E-state index in [2.05, 4.69) is 148 Å². The van der Waals surface area contributed by atoms with Gasteiger partial charge in [0.25, 0.3) is 0 Å². The number of rotatable bonds is 52. The first-order valence-corrected chi connectivity index (χ1v) is 30.9. The SMILES string of the molecule is CC/C=C\C/C=C\C/C=C\C/C=C\C/C=C\CCCC(=O)OC(CO)COP(=O)(O)OCC(COC(=O)C/C=C\C/C=C\C/C=C\C/C=C\C/C=C\CC)OC(=O)CCCCCCCC/C=C\C/C=C\C/C=C\CCCCC. The van der Waals surface area contributed by atoms with E-state index >= 15 is 0 Å². The predicted molar refractivity (Wildman–Crippen MR) is 325 cm³/mol. The van der Waals surface area contributed by atoms with Crippen LogP contribution in [0.5, 0.6) is 0 Å². The van der Waals surface area contributed by atoms with Crippen LogP contribution in [-0.4, -0.2) is 66.5 Å². The Morgan fingerprint density at radius 1 is 0.385 bits per heavy atom. The first kappa shape index (κ1) is 73.1. The summed E-state index contributed by atoms with van der Waals surface area (Å²) in [4.78, 5) is 48.5. The number of phosphoric ester groups is 1. The summed E-state index contributed by atoms with van der Waals surface area (Å²) in [6.45, 7) is 4.17. The molecule has 11 nitrogen and oxygen atoms in total. The summed E-state index contributed by atoms with van der Waals surface area (Å²) in [5, 5.41) is 9.82. The van der Waals surface area contributed by atoms with Crippen molar-refractivity contribution in [3.05, 3.63) is 158 Å². The number of unbranched alkanes of at least 4 members (excludes halogenated alkanes) is 10. The minimum atomic E-state index is -4.80. The number of hydrogen-bond acceptors (Lipinski definition) is 10. The third-order valence-electron chi connectivity index (χ3n) is 11.4. The highest BCUT2D eigenvalue weighted by molar-refractivity contribution is 7.47. The van der Waals surface area contributed by atoms with Crippen molar-refractivity contribution in [1.29, 1.82) is 0 Å². The van der Waals surface area contributed by atoms with Gasteiger partial charge in [0, 0.05) is 12.8 Å². The maximum Gasteiger partial charge on any atom is 0.472 e. The Morgan fingerprint density at radius 3 is 1.14 bits per heavy atom. The second-order valence-corrected chi connectivity index (χ2v) is 20.2. The Morgan fingerprint density at radius 2 is 0.718 bits per heavy atom. The van der Waals surface area contributed by atoms with Gasteiger partial charge < -0.3 is 24.2 Å². The molecule has 0 aliphatic rings. The van der Waals surface area contributed by atoms with Crippen LogP contribution in [0.1, 0.15) is 201 Å². The Balaban J connectivity index is 4.92. The van der Waals surface area contributed by atoms with Gasteiger partial charge >= 0.3 is 25.7 Å². The average molecular weight is 1100 g/mol. The lowest BCUT2D eigenvalue weighted by Crippen LogP contribution is -2.30. The normalized spacial score (nSPS) is 14.5. The molecule has 2 N–H and O–H groups in total. The van der Waals surface area contributed by atoms with Crippen molar-refractivity contribution in [2.75, 3.05) is 26.4 Å². The first-order valence-electron chi connectivity index (χ1n) is 29.4. The van der Waals surface area contributed by atoms with Crippen LogP contribution in [0, 0.1) is 0 Å². The van der Waals surface area contributed by atoms with Gasteiger partial charge in [-0.25, -0.2) is 4.57 Å². The van der Waals surface area contributed by atoms with Crippen molar-refractivity contribution in [3.8, 4) is 0 Å². The van der Waals surface area contributed by atoms with Gasteiger partial charge in [0.2, 0.25) is 0 Å². The Labute approximate surface area is 473 Å². The van der Waals surface area contributed by atoms with Gasteiger partial charge in [0.15, 0.2) is 6.10 Å². The summed E-state index contributed by atoms with van der Waals surface area (Å²) < 4.78 is 39.4. The van der Waals surface area contributed by atoms with Crippen LogP contribution in [0.15, 0.2) is 158 Å². The summed E-state index contributed by atoms with van der Waals surface area (Å²) in [5.41, 5.74) is 0. The second-order valence-electron chi connectivity index (χ2n) is 18.7. The number of esters is 3. The number of allylic oxidation sites excluding steroid dienone is 25. The topological polar surface area (TPSA) is 155 Å². The molecule has 0 heterocycles. The van der Waals surface area contributed by atoms with Gasteiger partial charge in [0.1, 0.15) is 12.7 Å². The van der Waals surface area contributed by atoms with E-state index in [-0.39, 0.29) is 19.3 Å². The Kier molecular flexibility index (Phi) is 54.6. The molecule has 12 heteroatoms. The number of phosphoric acid groups is 1. The third kappa shape index (κ3) is 55.8. The fraction of sp³-hybridized carbons (Fsp3) is 0.561. The Hall–Kier alpha value is -4.90. The van der Waals surface area contributed by atoms with Crippen LogP contribution in [-0.2, 0) is 42.2 Å². The van der Waals surface area contributed by atoms with Crippen molar-refractivity contribution in [2.45, 2.75) is 213 Å². The number of carbonyl (C=O) groups excluding carboxylic acids is 3. The molecule has 78 heavy (non-hydrogen) atoms. The highest BCUT2D eigenvalue weighted by Crippen LogP contribution is 2.43. The van der Waals surface area contributed by atoms with E-state index in [9.17, 15) is 28.9 Å². The fourth-order valence-electron chi connectivity index (χ4n) is 7.06. The fourth-order valence-corrected chi connectivity index (χ4v) is 7.84. The third-order valence-corrected chi connectivity index (χ3v) is 12.4. The number of aliphatic hydroxyl groups is 1. The van der Waals surface area contributed by atoms with Crippen molar-refractivity contribution < 1.29 is 52.2 Å². The molecule has 0 aliphatic carbocycles. The maximum absolute atomic E-state index is 12.9. The van der Waals surface area contributed by atoms with Crippen LogP contribution in [0.4, 0.5) is 0 Å². The minimum absolute atomic E-state index is 0.0215. The van der Waals surface area contributed by atoms with E-state index < -0.39 is 64.4 Å². The standard InChI is InChI=1S/C66H103O11P/c1-4-7-10-13-16-19-22-25-28-30-31-33-36-39-42-45-48-51-54-57-66(70)77-63(59-73-64(68)55-52-49-46-43-40-37-34-27-24-21-18-15-12-9-6-3)61-75-78(71,72)74-60-62(58-67)76-65(69)56-53-50-47-44-41-38-35-32-29-26-23-20-17-14-11-8-5-2/h8-9,11-12,16-21,25-29,31,33-35,38,40,43-44,47,49,52,62-63,67H,4-7,10,13-15,22-24,30,32,36-37,39,41-42,45-46,48,50-51,53-61H2,1-3H3,(H,71,72)/b11-8-,12-9-,19-16-,20-17-,21-18-,28-25-,29-26-,33-31-,34-27-,38-35-,43-40-,47-44-,52-49-. The summed E-state index contributed by atoms with van der Waals surface area (Å²) in [6.07, 6.45) is 76.6. The molecule has 0 saturated heterocycles. The quantitative estimate of drug-likeness (QED) is 0.0197. The van der Waals surface area contributed by atoms with E-state index in [4.69, 9.17) is 23.3 Å². The summed E-state index contributed by atoms with van der Waals surface area (Å²) in [5.74, 6) is -1.71. The van der Waals surface area contributed by atoms with Gasteiger partial charge in [-0.1, -0.05) is 217 Å². The van der Waals surface area contributed by atoms with Crippen molar-refractivity contribution in [1.82, 2.24) is 0 Å². The monoisotopic (exact) mass is 1100 g/mol. The smallest absolute Gasteiger partial charge is 0.461 e. The molecular formula is C66H103O11P. The molecule has 0 spiro atoms. The zero-order chi connectivity index (χ0) is 56.9. The lowest BCUT2D eigenvalue weighted by Gasteiger charge is -2.21. The molecule has 0 fully saturated rings. The van der Waals surface area contributed by atoms with Gasteiger partial charge in [0.05, 0.1) is 26.2 Å². The van der Waals surface area contributed by atoms with Gasteiger partial charge in [-0.3, -0.25) is 23.4 Å². The average Bonchev–Trinajstić information content (AvgIpc) is 3.43. The highest BCUT2D eigenvalue weighted by atomic mass is 31.2. The van der Waals surface area contributed by atoms with E-state index in [1.54, 1.807) is 6.08 Å². The molecule has 0 bridgehead atoms. The molecular weight excluding hydrogens is 1000 g/mol. The molecule has 0 aromatic rings. The summed E-state index contributed by atoms with van der Waals surface area (Å²) in [6, 6.07) is 0. The zero-order valence-electron chi connectivity index (χ0n) is 48.3. The number of aliphatic hydroxyl groups excluding tert-OH is 1. The van der Waals surface area contributed by atoms with E-state index in [1.807, 2.05) is 24.3 Å². The highest BCUT2D eigenvalue weighted by Gasteiger charge is 2.28. The lowest BCUT2D eigenvalue weighted by molar-refractivity contribution is -0.161. The Bertz CT molecular complexity index is 1910. The number of hydrogen-bond donors (Lipinski definition) is 2. The molecule has 0 aromatic carbocycles. The molecule has 0 radical (unpaired) electrons. The minimum Gasteiger partial charge on any atom is -0.461 e. The molecule has 0 saturated carbocycles. The van der Waals surface area contributed by atoms with Crippen LogP contribution >= 0.6 is 7.82 Å². The van der Waals surface area contributed by atoms with Gasteiger partial charge in [-0.2, -0.15) is 0 Å². The molecule has 3 unspecified atom stereocenters. The van der Waals surface area contributed by atoms with Crippen molar-refractivity contribution >= 4 is 25.7 Å². The predicted octanol–water partition coefficient (Wildman–Crippen LogP) is 17.7. The summed E-state index contributed by atoms with van der Waals surface area (Å²) in [7, 11) is -4.80. The van der Waals surface area contributed by atoms with Crippen LogP contribution in [0.2, 0.25) is 0 Å². The van der Waals surface area contributed by atoms with Gasteiger partial charge in [-0.05, 0) is 122 Å². The van der Waals surface area contributed by atoms with Crippen LogP contribution in [0.3, 0.4) is 0 Å². The molecule has 0 aromatic heterocycles. The second kappa shape index (κ2) is 58.3. The van der Waals surface area contributed by atoms with Crippen molar-refractivity contribution in [3.63, 3.8) is 0 Å². The molecule has 0 rings (SSSR count). The number of carbonyl (C=O) groups is 3. The summed E-state index contributed by atoms with van der Waals surface area (Å²) >= 11 is 0. The number of ether oxygens (including phenoxy) is 3. The maximum atomic E-state index is 12.9. The zero-order valence-corrected chi connectivity index (χ0v) is 49.2. The van der Waals surface area contributed by atoms with E-state index in [0.29, 0.717) is 25.7 Å². The molecule has 0 amide bonds. The molecule has 438 valence electrons. The van der Waals surface area contributed by atoms with Crippen LogP contribution < -0.4 is 0 Å². The van der Waals surface area contributed by atoms with Crippen LogP contribution in [0.25, 0.3) is 0 Å². The van der Waals surface area contributed by atoms with Gasteiger partial charge in [-0.15, -0.1) is 0 Å². The molecule has 0 aliphatic heterocycles. The first-order chi connectivity index (χ1) is 38.2.